The van der Waals surface area contributed by atoms with E-state index in [4.69, 9.17) is 10.5 Å². The van der Waals surface area contributed by atoms with E-state index in [1.807, 2.05) is 43.3 Å². The topological polar surface area (TPSA) is 157 Å². The zero-order valence-corrected chi connectivity index (χ0v) is 29.0. The van der Waals surface area contributed by atoms with Crippen LogP contribution in [0.5, 0.6) is 11.5 Å². The molecule has 49 heavy (non-hydrogen) atoms. The molecule has 260 valence electrons. The molecule has 0 spiro atoms. The number of benzene rings is 3. The standard InChI is InChI=1S/C39H47N3O7/c1-7-24-25(28-19-23(13-18-30(28)49-6)21-42(5)20-22-11-9-8-10-12-22)16-17-29(43)31(24)35(44)27-15-14-26-32(36(27)45)39(2,48)33(38(40)47)37(46)34(26)41(3)4/h8-13,16-19,26,32,34,43,45-46,48H,7,14-15,20-21H2,1-6H3,(H2,40,47)/t26?,32?,34-,39-/m0/s1. The molecule has 0 aromatic heterocycles. The number of methoxy groups -OCH3 is 1. The number of phenols is 1. The fourth-order valence-electron chi connectivity index (χ4n) is 8.00. The number of carbonyl (C=O) groups excluding carboxylic acids is 2. The lowest BCUT2D eigenvalue weighted by molar-refractivity contribution is -0.120. The van der Waals surface area contributed by atoms with Crippen molar-refractivity contribution in [1.82, 2.24) is 9.80 Å². The molecule has 2 unspecified atom stereocenters. The Hall–Kier alpha value is -4.64. The average molecular weight is 670 g/mol. The number of nitrogens with two attached hydrogens (primary N) is 1. The van der Waals surface area contributed by atoms with Crippen molar-refractivity contribution in [3.05, 3.63) is 106 Å². The Morgan fingerprint density at radius 3 is 2.22 bits per heavy atom. The van der Waals surface area contributed by atoms with Crippen LogP contribution >= 0.6 is 0 Å². The summed E-state index contributed by atoms with van der Waals surface area (Å²) >= 11 is 0. The van der Waals surface area contributed by atoms with E-state index in [1.165, 1.54) is 18.6 Å². The van der Waals surface area contributed by atoms with Gasteiger partial charge in [-0.3, -0.25) is 19.4 Å². The number of likely N-dealkylation sites (N-methyl/N-ethyl adjacent to an activating group) is 1. The molecule has 3 aromatic carbocycles. The first-order valence-corrected chi connectivity index (χ1v) is 16.6. The summed E-state index contributed by atoms with van der Waals surface area (Å²) < 4.78 is 5.76. The Labute approximate surface area is 287 Å². The number of allylic oxidation sites excluding steroid dienone is 1. The van der Waals surface area contributed by atoms with Crippen LogP contribution in [0.25, 0.3) is 11.1 Å². The van der Waals surface area contributed by atoms with Crippen LogP contribution in [0.1, 0.15) is 53.7 Å². The van der Waals surface area contributed by atoms with Crippen molar-refractivity contribution in [2.45, 2.75) is 57.8 Å². The van der Waals surface area contributed by atoms with Gasteiger partial charge in [0.05, 0.1) is 30.2 Å². The number of phenolic OH excluding ortho intramolecular Hbond substituents is 1. The van der Waals surface area contributed by atoms with E-state index in [0.29, 0.717) is 36.3 Å². The highest BCUT2D eigenvalue weighted by atomic mass is 16.5. The number of ether oxygens (including phenoxy) is 1. The third-order valence-electron chi connectivity index (χ3n) is 10.1. The summed E-state index contributed by atoms with van der Waals surface area (Å²) in [5.41, 5.74) is 7.56. The minimum Gasteiger partial charge on any atom is -0.511 e. The monoisotopic (exact) mass is 669 g/mol. The van der Waals surface area contributed by atoms with Gasteiger partial charge < -0.3 is 30.9 Å². The Bertz CT molecular complexity index is 1810. The zero-order valence-electron chi connectivity index (χ0n) is 29.0. The van der Waals surface area contributed by atoms with Gasteiger partial charge in [-0.2, -0.15) is 0 Å². The fraction of sp³-hybridized carbons (Fsp3) is 0.385. The van der Waals surface area contributed by atoms with Gasteiger partial charge in [-0.25, -0.2) is 0 Å². The van der Waals surface area contributed by atoms with Gasteiger partial charge in [0.2, 0.25) is 0 Å². The summed E-state index contributed by atoms with van der Waals surface area (Å²) in [5.74, 6) is -3.56. The molecular formula is C39H47N3O7. The second-order valence-electron chi connectivity index (χ2n) is 13.6. The Kier molecular flexibility index (Phi) is 10.2. The highest BCUT2D eigenvalue weighted by Gasteiger charge is 2.57. The number of aliphatic hydroxyl groups excluding tert-OH is 2. The van der Waals surface area contributed by atoms with Crippen molar-refractivity contribution in [2.75, 3.05) is 28.3 Å². The first-order valence-electron chi connectivity index (χ1n) is 16.6. The first kappa shape index (κ1) is 35.7. The van der Waals surface area contributed by atoms with E-state index >= 15 is 0 Å². The van der Waals surface area contributed by atoms with Crippen molar-refractivity contribution >= 4 is 11.7 Å². The number of aromatic hydroxyl groups is 1. The van der Waals surface area contributed by atoms with Crippen LogP contribution in [0.15, 0.2) is 83.3 Å². The summed E-state index contributed by atoms with van der Waals surface area (Å²) in [6.45, 7) is 4.64. The Balaban J connectivity index is 1.57. The number of hydrogen-bond donors (Lipinski definition) is 5. The lowest BCUT2D eigenvalue weighted by Gasteiger charge is -2.50. The summed E-state index contributed by atoms with van der Waals surface area (Å²) in [6.07, 6.45) is 0.832. The molecule has 10 heteroatoms. The van der Waals surface area contributed by atoms with Crippen LogP contribution in [0.3, 0.4) is 0 Å². The number of hydrogen-bond acceptors (Lipinski definition) is 9. The number of carbonyl (C=O) groups is 2. The highest BCUT2D eigenvalue weighted by molar-refractivity contribution is 6.13. The molecule has 4 atom stereocenters. The van der Waals surface area contributed by atoms with Crippen LogP contribution < -0.4 is 10.5 Å². The SMILES string of the molecule is CCc1c(-c2cc(CN(C)Cc3ccccc3)ccc2OC)ccc(O)c1C(=O)C1=C(O)C2C(CC1)[C@H](N(C)C)C(O)=C(C(N)=O)[C@@]2(C)O. The molecule has 10 nitrogen and oxygen atoms in total. The fourth-order valence-corrected chi connectivity index (χ4v) is 8.00. The number of rotatable bonds is 11. The van der Waals surface area contributed by atoms with Crippen LogP contribution in [-0.2, 0) is 24.3 Å². The molecule has 1 amide bonds. The van der Waals surface area contributed by atoms with E-state index in [1.54, 1.807) is 32.2 Å². The van der Waals surface area contributed by atoms with Gasteiger partial charge >= 0.3 is 0 Å². The number of fused-ring (bicyclic) bond motifs is 1. The van der Waals surface area contributed by atoms with Crippen LogP contribution in [0.4, 0.5) is 0 Å². The number of nitrogens with zero attached hydrogens (tertiary/aromatic N) is 2. The van der Waals surface area contributed by atoms with Crippen molar-refractivity contribution in [1.29, 1.82) is 0 Å². The van der Waals surface area contributed by atoms with Crippen LogP contribution in [-0.4, -0.2) is 81.8 Å². The third kappa shape index (κ3) is 6.56. The molecule has 0 heterocycles. The molecule has 0 saturated carbocycles. The van der Waals surface area contributed by atoms with E-state index in [9.17, 15) is 30.0 Å². The number of primary amides is 1. The number of Topliss-reactive ketones (excluding diaryl/α,β-unsaturated/α-hetero) is 1. The number of ketones is 1. The van der Waals surface area contributed by atoms with Crippen LogP contribution in [0, 0.1) is 11.8 Å². The lowest BCUT2D eigenvalue weighted by atomic mass is 9.60. The maximum Gasteiger partial charge on any atom is 0.251 e. The van der Waals surface area contributed by atoms with Crippen molar-refractivity contribution in [3.8, 4) is 22.6 Å². The van der Waals surface area contributed by atoms with Gasteiger partial charge in [-0.1, -0.05) is 49.4 Å². The minimum atomic E-state index is -2.05. The second-order valence-corrected chi connectivity index (χ2v) is 13.6. The van der Waals surface area contributed by atoms with E-state index < -0.39 is 40.7 Å². The van der Waals surface area contributed by atoms with Gasteiger partial charge in [-0.05, 0) is 93.7 Å². The molecule has 0 saturated heterocycles. The van der Waals surface area contributed by atoms with E-state index in [-0.39, 0.29) is 34.8 Å². The third-order valence-corrected chi connectivity index (χ3v) is 10.1. The van der Waals surface area contributed by atoms with E-state index in [0.717, 1.165) is 17.7 Å². The molecule has 3 aromatic rings. The van der Waals surface area contributed by atoms with Crippen molar-refractivity contribution < 1.29 is 34.8 Å². The zero-order chi connectivity index (χ0) is 35.8. The molecule has 5 rings (SSSR count). The number of aliphatic hydroxyl groups is 3. The maximum absolute atomic E-state index is 14.5. The minimum absolute atomic E-state index is 0.0367. The normalized spacial score (nSPS) is 22.4. The smallest absolute Gasteiger partial charge is 0.251 e. The van der Waals surface area contributed by atoms with Crippen molar-refractivity contribution in [3.63, 3.8) is 0 Å². The lowest BCUT2D eigenvalue weighted by Crippen LogP contribution is -2.58. The van der Waals surface area contributed by atoms with Crippen LogP contribution in [0.2, 0.25) is 0 Å². The summed E-state index contributed by atoms with van der Waals surface area (Å²) in [5, 5.41) is 45.7. The quantitative estimate of drug-likeness (QED) is 0.172. The molecule has 0 bridgehead atoms. The largest absolute Gasteiger partial charge is 0.511 e. The molecule has 2 aliphatic carbocycles. The first-order chi connectivity index (χ1) is 23.2. The van der Waals surface area contributed by atoms with Gasteiger partial charge in [0.1, 0.15) is 28.6 Å². The van der Waals surface area contributed by atoms with Gasteiger partial charge in [0.15, 0.2) is 5.78 Å². The van der Waals surface area contributed by atoms with Gasteiger partial charge in [-0.15, -0.1) is 0 Å². The summed E-state index contributed by atoms with van der Waals surface area (Å²) in [4.78, 5) is 30.9. The highest BCUT2D eigenvalue weighted by Crippen LogP contribution is 2.51. The molecule has 0 radical (unpaired) electrons. The average Bonchev–Trinajstić information content (AvgIpc) is 3.03. The number of amides is 1. The Morgan fingerprint density at radius 1 is 0.939 bits per heavy atom. The predicted octanol–water partition coefficient (Wildman–Crippen LogP) is 5.28. The molecule has 0 aliphatic heterocycles. The van der Waals surface area contributed by atoms with Gasteiger partial charge in [0, 0.05) is 24.2 Å². The molecular weight excluding hydrogens is 622 g/mol. The second kappa shape index (κ2) is 14.1. The van der Waals surface area contributed by atoms with Gasteiger partial charge in [0.25, 0.3) is 5.91 Å². The molecule has 2 aliphatic rings. The van der Waals surface area contributed by atoms with E-state index in [2.05, 4.69) is 24.1 Å². The van der Waals surface area contributed by atoms with Crippen molar-refractivity contribution in [2.24, 2.45) is 17.6 Å². The summed E-state index contributed by atoms with van der Waals surface area (Å²) in [7, 11) is 7.08. The molecule has 6 N–H and O–H groups in total. The predicted molar refractivity (Wildman–Crippen MR) is 188 cm³/mol. The maximum atomic E-state index is 14.5. The summed E-state index contributed by atoms with van der Waals surface area (Å²) in [6, 6.07) is 18.7. The Morgan fingerprint density at radius 2 is 1.61 bits per heavy atom. The molecule has 0 fully saturated rings.